The van der Waals surface area contributed by atoms with E-state index in [2.05, 4.69) is 84.7 Å². The standard InChI is InChI=1S/C16H10BrF3N4O.C14H10IN5O/c17-9-4-5-11-10(8-9)12(6-7-21-11)22-15(25)24-14-3-1-2-13(23-14)16(18,19)20;15-11-4-1-5-12(19-11)20-14(21)18-10-6-8-16-9-3-2-7-17-13(9)10/h1-8H,(H2,21,22,23,24,25);1-8H,(H2,16,18,19,20,21). The lowest BCUT2D eigenvalue weighted by molar-refractivity contribution is -0.141. The number of amides is 4. The van der Waals surface area contributed by atoms with E-state index in [1.807, 2.05) is 24.3 Å². The van der Waals surface area contributed by atoms with E-state index in [4.69, 9.17) is 0 Å². The minimum absolute atomic E-state index is 0.202. The number of carbonyl (C=O) groups is 2. The number of pyridine rings is 5. The highest BCUT2D eigenvalue weighted by Crippen LogP contribution is 2.29. The van der Waals surface area contributed by atoms with Gasteiger partial charge in [0.15, 0.2) is 0 Å². The molecule has 0 saturated heterocycles. The Morgan fingerprint density at radius 2 is 1.33 bits per heavy atom. The Morgan fingerprint density at radius 3 is 2.04 bits per heavy atom. The minimum Gasteiger partial charge on any atom is -0.307 e. The van der Waals surface area contributed by atoms with Gasteiger partial charge in [0, 0.05) is 28.4 Å². The third-order valence-corrected chi connectivity index (χ3v) is 7.03. The number of benzene rings is 1. The Labute approximate surface area is 280 Å². The second kappa shape index (κ2) is 14.4. The molecule has 46 heavy (non-hydrogen) atoms. The summed E-state index contributed by atoms with van der Waals surface area (Å²) in [5, 5.41) is 11.0. The summed E-state index contributed by atoms with van der Waals surface area (Å²) in [6.07, 6.45) is 0.230. The van der Waals surface area contributed by atoms with Gasteiger partial charge in [-0.15, -0.1) is 0 Å². The molecule has 0 aliphatic heterocycles. The van der Waals surface area contributed by atoms with Gasteiger partial charge in [0.05, 0.1) is 22.4 Å². The molecule has 0 unspecified atom stereocenters. The van der Waals surface area contributed by atoms with E-state index in [1.54, 1.807) is 48.8 Å². The van der Waals surface area contributed by atoms with Crippen LogP contribution in [-0.2, 0) is 6.18 Å². The number of anilines is 4. The predicted octanol–water partition coefficient (Wildman–Crippen LogP) is 8.33. The van der Waals surface area contributed by atoms with Gasteiger partial charge in [-0.1, -0.05) is 28.1 Å². The van der Waals surface area contributed by atoms with Crippen LogP contribution in [0.1, 0.15) is 5.69 Å². The number of nitrogens with zero attached hydrogens (tertiary/aromatic N) is 5. The highest BCUT2D eigenvalue weighted by molar-refractivity contribution is 14.1. The second-order valence-electron chi connectivity index (χ2n) is 9.16. The molecule has 5 heterocycles. The van der Waals surface area contributed by atoms with E-state index in [-0.39, 0.29) is 11.8 Å². The third-order valence-electron chi connectivity index (χ3n) is 5.93. The van der Waals surface area contributed by atoms with E-state index in [9.17, 15) is 22.8 Å². The number of urea groups is 2. The highest BCUT2D eigenvalue weighted by atomic mass is 127. The number of nitrogens with one attached hydrogen (secondary N) is 4. The van der Waals surface area contributed by atoms with E-state index in [0.717, 1.165) is 19.8 Å². The summed E-state index contributed by atoms with van der Waals surface area (Å²) in [4.78, 5) is 44.3. The number of carbonyl (C=O) groups excluding carboxylic acids is 2. The predicted molar refractivity (Wildman–Crippen MR) is 180 cm³/mol. The van der Waals surface area contributed by atoms with Crippen LogP contribution in [0.5, 0.6) is 0 Å². The fourth-order valence-corrected chi connectivity index (χ4v) is 4.82. The van der Waals surface area contributed by atoms with Gasteiger partial charge >= 0.3 is 18.2 Å². The van der Waals surface area contributed by atoms with Crippen LogP contribution in [0.15, 0.2) is 102 Å². The van der Waals surface area contributed by atoms with E-state index in [1.165, 1.54) is 18.3 Å². The summed E-state index contributed by atoms with van der Waals surface area (Å²) in [5.74, 6) is 0.289. The third kappa shape index (κ3) is 8.60. The molecule has 0 aliphatic carbocycles. The summed E-state index contributed by atoms with van der Waals surface area (Å²) in [6.45, 7) is 0. The lowest BCUT2D eigenvalue weighted by atomic mass is 10.2. The van der Waals surface area contributed by atoms with Crippen molar-refractivity contribution in [1.82, 2.24) is 24.9 Å². The Balaban J connectivity index is 0.000000184. The molecule has 6 aromatic rings. The first-order valence-electron chi connectivity index (χ1n) is 13.1. The van der Waals surface area contributed by atoms with Crippen molar-refractivity contribution in [3.05, 3.63) is 111 Å². The van der Waals surface area contributed by atoms with Crippen molar-refractivity contribution in [2.45, 2.75) is 6.18 Å². The van der Waals surface area contributed by atoms with Crippen LogP contribution in [0.2, 0.25) is 0 Å². The zero-order chi connectivity index (χ0) is 32.7. The maximum Gasteiger partial charge on any atom is 0.433 e. The van der Waals surface area contributed by atoms with Crippen LogP contribution in [0.4, 0.5) is 45.8 Å². The van der Waals surface area contributed by atoms with Crippen molar-refractivity contribution >= 4 is 95.5 Å². The summed E-state index contributed by atoms with van der Waals surface area (Å²) in [7, 11) is 0. The topological polar surface area (TPSA) is 147 Å². The van der Waals surface area contributed by atoms with E-state index in [0.29, 0.717) is 33.6 Å². The summed E-state index contributed by atoms with van der Waals surface area (Å²) < 4.78 is 39.6. The van der Waals surface area contributed by atoms with Crippen LogP contribution in [0.3, 0.4) is 0 Å². The molecular formula is C30H20BrF3IN9O2. The average Bonchev–Trinajstić information content (AvgIpc) is 3.01. The summed E-state index contributed by atoms with van der Waals surface area (Å²) in [5.41, 5.74) is 2.02. The first-order chi connectivity index (χ1) is 22.0. The monoisotopic (exact) mass is 801 g/mol. The van der Waals surface area contributed by atoms with Crippen molar-refractivity contribution in [3.8, 4) is 0 Å². The van der Waals surface area contributed by atoms with Crippen molar-refractivity contribution in [1.29, 1.82) is 0 Å². The maximum absolute atomic E-state index is 12.7. The molecule has 5 aromatic heterocycles. The van der Waals surface area contributed by atoms with Gasteiger partial charge in [-0.25, -0.2) is 19.6 Å². The quantitative estimate of drug-likeness (QED) is 0.104. The molecule has 4 amide bonds. The fraction of sp³-hybridized carbons (Fsp3) is 0.0333. The molecule has 0 bridgehead atoms. The number of fused-ring (bicyclic) bond motifs is 2. The van der Waals surface area contributed by atoms with Crippen molar-refractivity contribution in [2.24, 2.45) is 0 Å². The van der Waals surface area contributed by atoms with Gasteiger partial charge in [0.25, 0.3) is 0 Å². The highest BCUT2D eigenvalue weighted by Gasteiger charge is 2.32. The van der Waals surface area contributed by atoms with E-state index >= 15 is 0 Å². The molecule has 0 radical (unpaired) electrons. The Hall–Kier alpha value is -4.97. The largest absolute Gasteiger partial charge is 0.433 e. The molecule has 16 heteroatoms. The SMILES string of the molecule is O=C(Nc1cccc(C(F)(F)F)n1)Nc1ccnc2ccc(Br)cc12.O=C(Nc1cccc(I)n1)Nc1ccnc2cccnc12. The van der Waals surface area contributed by atoms with Crippen molar-refractivity contribution in [3.63, 3.8) is 0 Å². The molecule has 0 fully saturated rings. The number of aromatic nitrogens is 5. The molecule has 232 valence electrons. The number of alkyl halides is 3. The first kappa shape index (κ1) is 32.4. The number of halogens is 5. The number of rotatable bonds is 4. The van der Waals surface area contributed by atoms with Crippen molar-refractivity contribution in [2.75, 3.05) is 21.3 Å². The Morgan fingerprint density at radius 1 is 0.674 bits per heavy atom. The van der Waals surface area contributed by atoms with Crippen molar-refractivity contribution < 1.29 is 22.8 Å². The molecule has 6 rings (SSSR count). The Kier molecular flexibility index (Phi) is 10.2. The van der Waals surface area contributed by atoms with Gasteiger partial charge in [-0.3, -0.25) is 25.6 Å². The smallest absolute Gasteiger partial charge is 0.307 e. The summed E-state index contributed by atoms with van der Waals surface area (Å²) >= 11 is 5.43. The van der Waals surface area contributed by atoms with Crippen LogP contribution < -0.4 is 21.3 Å². The van der Waals surface area contributed by atoms with Gasteiger partial charge in [-0.05, 0) is 89.3 Å². The maximum atomic E-state index is 12.7. The van der Waals surface area contributed by atoms with Crippen LogP contribution in [0, 0.1) is 3.70 Å². The van der Waals surface area contributed by atoms with Crippen LogP contribution in [-0.4, -0.2) is 37.0 Å². The van der Waals surface area contributed by atoms with Gasteiger partial charge < -0.3 is 10.6 Å². The molecule has 11 nitrogen and oxygen atoms in total. The van der Waals surface area contributed by atoms with Gasteiger partial charge in [0.2, 0.25) is 0 Å². The zero-order valence-corrected chi connectivity index (χ0v) is 26.9. The zero-order valence-electron chi connectivity index (χ0n) is 23.2. The molecule has 0 atom stereocenters. The molecule has 0 aliphatic rings. The number of hydrogen-bond acceptors (Lipinski definition) is 7. The van der Waals surface area contributed by atoms with Crippen LogP contribution >= 0.6 is 38.5 Å². The lowest BCUT2D eigenvalue weighted by Gasteiger charge is -2.11. The normalized spacial score (nSPS) is 10.9. The Bertz CT molecular complexity index is 2040. The van der Waals surface area contributed by atoms with Crippen LogP contribution in [0.25, 0.3) is 21.9 Å². The average molecular weight is 802 g/mol. The molecule has 0 spiro atoms. The molecule has 1 aromatic carbocycles. The lowest BCUT2D eigenvalue weighted by Crippen LogP contribution is -2.21. The molecule has 4 N–H and O–H groups in total. The fourth-order valence-electron chi connectivity index (χ4n) is 3.99. The minimum atomic E-state index is -4.58. The summed E-state index contributed by atoms with van der Waals surface area (Å²) in [6, 6.07) is 19.9. The van der Waals surface area contributed by atoms with Gasteiger partial charge in [-0.2, -0.15) is 13.2 Å². The molecular weight excluding hydrogens is 782 g/mol. The number of hydrogen-bond donors (Lipinski definition) is 4. The first-order valence-corrected chi connectivity index (χ1v) is 15.0. The van der Waals surface area contributed by atoms with E-state index < -0.39 is 17.9 Å². The second-order valence-corrected chi connectivity index (χ2v) is 11.2. The van der Waals surface area contributed by atoms with Gasteiger partial charge in [0.1, 0.15) is 26.5 Å². The molecule has 0 saturated carbocycles.